The zero-order valence-electron chi connectivity index (χ0n) is 20.1. The number of allylic oxidation sites excluding steroid dienone is 1. The van der Waals surface area contributed by atoms with E-state index in [1.807, 2.05) is 6.08 Å². The van der Waals surface area contributed by atoms with Gasteiger partial charge in [0, 0.05) is 0 Å². The Bertz CT molecular complexity index is 415. The van der Waals surface area contributed by atoms with Gasteiger partial charge in [0.1, 0.15) is 24.4 Å². The smallest absolute Gasteiger partial charge is 0.114 e. The first-order chi connectivity index (χ1) is 15.2. The molecule has 0 aliphatic carbocycles. The lowest BCUT2D eigenvalue weighted by atomic mass is 10.0. The molecule has 0 aromatic heterocycles. The number of ether oxygens (including phenoxy) is 2. The first-order valence-corrected chi connectivity index (χ1v) is 13.1. The van der Waals surface area contributed by atoms with E-state index in [1.54, 1.807) is 0 Å². The summed E-state index contributed by atoms with van der Waals surface area (Å²) >= 11 is 0. The first kappa shape index (κ1) is 28.6. The summed E-state index contributed by atoms with van der Waals surface area (Å²) in [6.45, 7) is 2.54. The van der Waals surface area contributed by atoms with Crippen LogP contribution >= 0.6 is 0 Å². The second-order valence-corrected chi connectivity index (χ2v) is 9.12. The van der Waals surface area contributed by atoms with Crippen LogP contribution in [0.15, 0.2) is 12.2 Å². The van der Waals surface area contributed by atoms with E-state index in [4.69, 9.17) is 14.6 Å². The summed E-state index contributed by atoms with van der Waals surface area (Å²) in [6.07, 6.45) is 22.8. The fourth-order valence-electron chi connectivity index (χ4n) is 4.20. The van der Waals surface area contributed by atoms with Crippen molar-refractivity contribution in [3.05, 3.63) is 12.2 Å². The number of unbranched alkanes of at least 4 members (excludes halogenated alkanes) is 15. The normalized spacial score (nSPS) is 22.5. The van der Waals surface area contributed by atoms with Gasteiger partial charge in [-0.1, -0.05) is 109 Å². The Morgan fingerprint density at radius 2 is 1.35 bits per heavy atom. The van der Waals surface area contributed by atoms with Crippen molar-refractivity contribution in [2.75, 3.05) is 19.8 Å². The van der Waals surface area contributed by atoms with Gasteiger partial charge >= 0.3 is 0 Å². The van der Waals surface area contributed by atoms with Gasteiger partial charge in [-0.05, 0) is 12.8 Å². The van der Waals surface area contributed by atoms with Crippen LogP contribution in [-0.2, 0) is 9.47 Å². The van der Waals surface area contributed by atoms with Crippen molar-refractivity contribution in [2.45, 2.75) is 134 Å². The largest absolute Gasteiger partial charge is 0.394 e. The molecule has 1 aliphatic heterocycles. The quantitative estimate of drug-likeness (QED) is 0.166. The number of hydrogen-bond donors (Lipinski definition) is 3. The van der Waals surface area contributed by atoms with Gasteiger partial charge in [0.15, 0.2) is 0 Å². The summed E-state index contributed by atoms with van der Waals surface area (Å²) in [5.74, 6) is 0. The predicted octanol–water partition coefficient (Wildman–Crippen LogP) is 5.30. The molecule has 0 aromatic carbocycles. The predicted molar refractivity (Wildman–Crippen MR) is 127 cm³/mol. The van der Waals surface area contributed by atoms with Gasteiger partial charge < -0.3 is 24.8 Å². The molecule has 184 valence electrons. The van der Waals surface area contributed by atoms with Gasteiger partial charge in [-0.25, -0.2) is 0 Å². The van der Waals surface area contributed by atoms with E-state index in [-0.39, 0.29) is 6.61 Å². The third kappa shape index (κ3) is 14.3. The second-order valence-electron chi connectivity index (χ2n) is 9.12. The molecule has 3 N–H and O–H groups in total. The van der Waals surface area contributed by atoms with Crippen LogP contribution in [0.3, 0.4) is 0 Å². The molecule has 0 spiro atoms. The molecule has 31 heavy (non-hydrogen) atoms. The van der Waals surface area contributed by atoms with Gasteiger partial charge in [0.25, 0.3) is 0 Å². The third-order valence-corrected chi connectivity index (χ3v) is 6.28. The molecular formula is C26H50O5. The van der Waals surface area contributed by atoms with Crippen LogP contribution in [-0.4, -0.2) is 59.6 Å². The number of aliphatic hydroxyl groups is 3. The van der Waals surface area contributed by atoms with Crippen molar-refractivity contribution < 1.29 is 24.8 Å². The van der Waals surface area contributed by atoms with E-state index >= 15 is 0 Å². The van der Waals surface area contributed by atoms with E-state index in [1.165, 1.54) is 96.3 Å². The molecule has 0 aromatic rings. The monoisotopic (exact) mass is 442 g/mol. The molecule has 0 unspecified atom stereocenters. The molecule has 1 fully saturated rings. The first-order valence-electron chi connectivity index (χ1n) is 13.1. The van der Waals surface area contributed by atoms with E-state index < -0.39 is 31.0 Å². The van der Waals surface area contributed by atoms with Crippen molar-refractivity contribution in [1.29, 1.82) is 0 Å². The zero-order chi connectivity index (χ0) is 22.6. The van der Waals surface area contributed by atoms with Crippen LogP contribution in [0.4, 0.5) is 0 Å². The van der Waals surface area contributed by atoms with Gasteiger partial charge in [-0.2, -0.15) is 0 Å². The molecule has 1 rings (SSSR count). The molecule has 1 saturated heterocycles. The highest BCUT2D eigenvalue weighted by molar-refractivity contribution is 4.90. The number of aliphatic hydroxyl groups excluding tert-OH is 3. The fraction of sp³-hybridized carbons (Fsp3) is 0.923. The summed E-state index contributed by atoms with van der Waals surface area (Å²) in [5, 5.41) is 28.6. The SMILES string of the molecule is CCCCCCCCCCCCCCCCC/C=C/CO[C@H]1CO[C@@H]([C@H](O)CO)[C@H]1O. The van der Waals surface area contributed by atoms with Crippen molar-refractivity contribution in [1.82, 2.24) is 0 Å². The number of rotatable bonds is 21. The van der Waals surface area contributed by atoms with Crippen molar-refractivity contribution in [2.24, 2.45) is 0 Å². The molecule has 0 radical (unpaired) electrons. The minimum Gasteiger partial charge on any atom is -0.394 e. The Balaban J connectivity index is 1.81. The standard InChI is InChI=1S/C26H50O5/c1-2-3-4-5-6-7-8-9-10-11-12-13-14-15-16-17-18-19-20-30-24-22-31-26(25(24)29)23(28)21-27/h18-19,23-29H,2-17,20-22H2,1H3/b19-18+/t23-,24+,25+,26+/m1/s1. The summed E-state index contributed by atoms with van der Waals surface area (Å²) < 4.78 is 10.9. The maximum atomic E-state index is 10.1. The number of hydrogen-bond acceptors (Lipinski definition) is 5. The third-order valence-electron chi connectivity index (χ3n) is 6.28. The van der Waals surface area contributed by atoms with Crippen LogP contribution in [0, 0.1) is 0 Å². The molecule has 0 saturated carbocycles. The molecule has 5 nitrogen and oxygen atoms in total. The van der Waals surface area contributed by atoms with Crippen molar-refractivity contribution >= 4 is 0 Å². The maximum Gasteiger partial charge on any atom is 0.114 e. The molecule has 1 aliphatic rings. The van der Waals surface area contributed by atoms with Crippen molar-refractivity contribution in [3.8, 4) is 0 Å². The minimum absolute atomic E-state index is 0.246. The van der Waals surface area contributed by atoms with E-state index in [0.29, 0.717) is 6.61 Å². The van der Waals surface area contributed by atoms with Crippen LogP contribution in [0.1, 0.15) is 110 Å². The molecule has 0 bridgehead atoms. The molecule has 0 amide bonds. The van der Waals surface area contributed by atoms with Gasteiger partial charge in [-0.15, -0.1) is 0 Å². The summed E-state index contributed by atoms with van der Waals surface area (Å²) in [7, 11) is 0. The van der Waals surface area contributed by atoms with Crippen LogP contribution in [0.25, 0.3) is 0 Å². The average molecular weight is 443 g/mol. The average Bonchev–Trinajstić information content (AvgIpc) is 3.15. The molecule has 4 atom stereocenters. The fourth-order valence-corrected chi connectivity index (χ4v) is 4.20. The van der Waals surface area contributed by atoms with Gasteiger partial charge in [0.05, 0.1) is 19.8 Å². The highest BCUT2D eigenvalue weighted by Crippen LogP contribution is 2.20. The highest BCUT2D eigenvalue weighted by atomic mass is 16.6. The highest BCUT2D eigenvalue weighted by Gasteiger charge is 2.40. The second kappa shape index (κ2) is 20.2. The van der Waals surface area contributed by atoms with Crippen LogP contribution < -0.4 is 0 Å². The van der Waals surface area contributed by atoms with E-state index in [9.17, 15) is 10.2 Å². The van der Waals surface area contributed by atoms with E-state index in [2.05, 4.69) is 13.0 Å². The molecule has 1 heterocycles. The van der Waals surface area contributed by atoms with Gasteiger partial charge in [-0.3, -0.25) is 0 Å². The Morgan fingerprint density at radius 1 is 0.839 bits per heavy atom. The summed E-state index contributed by atoms with van der Waals surface area (Å²) in [5.41, 5.74) is 0. The topological polar surface area (TPSA) is 79.2 Å². The molecular weight excluding hydrogens is 392 g/mol. The summed E-state index contributed by atoms with van der Waals surface area (Å²) in [4.78, 5) is 0. The minimum atomic E-state index is -1.07. The summed E-state index contributed by atoms with van der Waals surface area (Å²) in [6, 6.07) is 0. The Hall–Kier alpha value is -0.460. The molecule has 5 heteroatoms. The lowest BCUT2D eigenvalue weighted by molar-refractivity contribution is -0.0716. The Labute approximate surface area is 191 Å². The Morgan fingerprint density at radius 3 is 1.87 bits per heavy atom. The van der Waals surface area contributed by atoms with Crippen molar-refractivity contribution in [3.63, 3.8) is 0 Å². The lowest BCUT2D eigenvalue weighted by Crippen LogP contribution is -2.41. The Kier molecular flexibility index (Phi) is 18.6. The zero-order valence-corrected chi connectivity index (χ0v) is 20.1. The maximum absolute atomic E-state index is 10.1. The van der Waals surface area contributed by atoms with Crippen LogP contribution in [0.2, 0.25) is 0 Å². The van der Waals surface area contributed by atoms with Crippen LogP contribution in [0.5, 0.6) is 0 Å². The van der Waals surface area contributed by atoms with Gasteiger partial charge in [0.2, 0.25) is 0 Å². The lowest BCUT2D eigenvalue weighted by Gasteiger charge is -2.20. The van der Waals surface area contributed by atoms with E-state index in [0.717, 1.165) is 6.42 Å².